The summed E-state index contributed by atoms with van der Waals surface area (Å²) in [7, 11) is 1.60. The molecule has 1 amide bonds. The molecule has 2 aromatic carbocycles. The van der Waals surface area contributed by atoms with E-state index >= 15 is 0 Å². The number of amides is 1. The number of anilines is 2. The van der Waals surface area contributed by atoms with E-state index in [4.69, 9.17) is 4.74 Å². The maximum absolute atomic E-state index is 12.4. The van der Waals surface area contributed by atoms with E-state index in [2.05, 4.69) is 40.7 Å². The molecule has 2 aromatic rings. The van der Waals surface area contributed by atoms with Crippen molar-refractivity contribution in [2.45, 2.75) is 19.9 Å². The highest BCUT2D eigenvalue weighted by Crippen LogP contribution is 2.27. The standard InChI is InChI=1S/C20H25N3O2/c1-3-23(13-16-8-6-7-15-11-12-21-20(15)16)14-19(24)22-17-9-4-5-10-18(17)25-2/h4-10,21H,3,11-14H2,1-2H3,(H,22,24). The number of rotatable bonds is 7. The Balaban J connectivity index is 1.64. The lowest BCUT2D eigenvalue weighted by atomic mass is 10.1. The van der Waals surface area contributed by atoms with Crippen LogP contribution in [0.1, 0.15) is 18.1 Å². The summed E-state index contributed by atoms with van der Waals surface area (Å²) in [5, 5.41) is 6.41. The number of carbonyl (C=O) groups excluding carboxylic acids is 1. The van der Waals surface area contributed by atoms with Crippen LogP contribution in [0.2, 0.25) is 0 Å². The third-order valence-electron chi connectivity index (χ3n) is 4.52. The first-order valence-corrected chi connectivity index (χ1v) is 8.71. The number of fused-ring (bicyclic) bond motifs is 1. The van der Waals surface area contributed by atoms with Crippen LogP contribution < -0.4 is 15.4 Å². The molecule has 0 atom stereocenters. The molecular weight excluding hydrogens is 314 g/mol. The monoisotopic (exact) mass is 339 g/mol. The molecule has 25 heavy (non-hydrogen) atoms. The molecule has 0 aromatic heterocycles. The molecule has 1 aliphatic rings. The van der Waals surface area contributed by atoms with E-state index in [1.807, 2.05) is 24.3 Å². The number of nitrogens with zero attached hydrogens (tertiary/aromatic N) is 1. The molecule has 132 valence electrons. The highest BCUT2D eigenvalue weighted by atomic mass is 16.5. The largest absolute Gasteiger partial charge is 0.495 e. The number of hydrogen-bond donors (Lipinski definition) is 2. The van der Waals surface area contributed by atoms with Gasteiger partial charge in [-0.3, -0.25) is 9.69 Å². The Hall–Kier alpha value is -2.53. The van der Waals surface area contributed by atoms with Gasteiger partial charge in [0.1, 0.15) is 5.75 Å². The Morgan fingerprint density at radius 1 is 1.24 bits per heavy atom. The molecule has 1 aliphatic heterocycles. The van der Waals surface area contributed by atoms with Crippen LogP contribution in [0.25, 0.3) is 0 Å². The summed E-state index contributed by atoms with van der Waals surface area (Å²) in [6.45, 7) is 4.98. The average molecular weight is 339 g/mol. The van der Waals surface area contributed by atoms with Crippen molar-refractivity contribution in [3.8, 4) is 5.75 Å². The molecule has 2 N–H and O–H groups in total. The molecule has 5 nitrogen and oxygen atoms in total. The maximum Gasteiger partial charge on any atom is 0.238 e. The first-order chi connectivity index (χ1) is 12.2. The molecule has 0 unspecified atom stereocenters. The smallest absolute Gasteiger partial charge is 0.238 e. The Morgan fingerprint density at radius 2 is 2.08 bits per heavy atom. The molecule has 0 spiro atoms. The number of para-hydroxylation sites is 3. The van der Waals surface area contributed by atoms with E-state index in [9.17, 15) is 4.79 Å². The van der Waals surface area contributed by atoms with Gasteiger partial charge in [-0.1, -0.05) is 37.3 Å². The Kier molecular flexibility index (Phi) is 5.56. The zero-order valence-electron chi connectivity index (χ0n) is 14.8. The maximum atomic E-state index is 12.4. The third kappa shape index (κ3) is 4.12. The van der Waals surface area contributed by atoms with Crippen molar-refractivity contribution in [3.05, 3.63) is 53.6 Å². The molecule has 0 saturated carbocycles. The molecule has 0 aliphatic carbocycles. The summed E-state index contributed by atoms with van der Waals surface area (Å²) in [5.74, 6) is 0.635. The Bertz CT molecular complexity index is 745. The van der Waals surface area contributed by atoms with Crippen LogP contribution in [0.15, 0.2) is 42.5 Å². The van der Waals surface area contributed by atoms with Gasteiger partial charge < -0.3 is 15.4 Å². The van der Waals surface area contributed by atoms with E-state index in [-0.39, 0.29) is 5.91 Å². The van der Waals surface area contributed by atoms with Gasteiger partial charge in [0.25, 0.3) is 0 Å². The number of hydrogen-bond acceptors (Lipinski definition) is 4. The summed E-state index contributed by atoms with van der Waals surface area (Å²) >= 11 is 0. The second-order valence-corrected chi connectivity index (χ2v) is 6.18. The lowest BCUT2D eigenvalue weighted by Crippen LogP contribution is -2.33. The summed E-state index contributed by atoms with van der Waals surface area (Å²) in [6, 6.07) is 13.9. The summed E-state index contributed by atoms with van der Waals surface area (Å²) in [5.41, 5.74) is 4.56. The molecule has 0 radical (unpaired) electrons. The zero-order chi connectivity index (χ0) is 17.6. The highest BCUT2D eigenvalue weighted by Gasteiger charge is 2.17. The van der Waals surface area contributed by atoms with E-state index in [0.29, 0.717) is 18.0 Å². The number of nitrogens with one attached hydrogen (secondary N) is 2. The van der Waals surface area contributed by atoms with Crippen LogP contribution in [0, 0.1) is 0 Å². The van der Waals surface area contributed by atoms with Crippen LogP contribution >= 0.6 is 0 Å². The second-order valence-electron chi connectivity index (χ2n) is 6.18. The van der Waals surface area contributed by atoms with Crippen molar-refractivity contribution in [2.24, 2.45) is 0 Å². The van der Waals surface area contributed by atoms with Crippen LogP contribution in [-0.4, -0.2) is 37.6 Å². The van der Waals surface area contributed by atoms with Gasteiger partial charge in [-0.15, -0.1) is 0 Å². The van der Waals surface area contributed by atoms with Gasteiger partial charge in [0.05, 0.1) is 19.3 Å². The topological polar surface area (TPSA) is 53.6 Å². The minimum Gasteiger partial charge on any atom is -0.495 e. The van der Waals surface area contributed by atoms with E-state index in [0.717, 1.165) is 26.1 Å². The lowest BCUT2D eigenvalue weighted by Gasteiger charge is -2.22. The van der Waals surface area contributed by atoms with Crippen molar-refractivity contribution in [2.75, 3.05) is 37.4 Å². The van der Waals surface area contributed by atoms with Crippen molar-refractivity contribution >= 4 is 17.3 Å². The Morgan fingerprint density at radius 3 is 2.88 bits per heavy atom. The van der Waals surface area contributed by atoms with Gasteiger partial charge in [-0.05, 0) is 36.2 Å². The van der Waals surface area contributed by atoms with Crippen molar-refractivity contribution in [1.82, 2.24) is 4.90 Å². The average Bonchev–Trinajstić information content (AvgIpc) is 3.11. The van der Waals surface area contributed by atoms with E-state index in [1.54, 1.807) is 7.11 Å². The second kappa shape index (κ2) is 8.03. The molecule has 5 heteroatoms. The van der Waals surface area contributed by atoms with E-state index < -0.39 is 0 Å². The fourth-order valence-electron chi connectivity index (χ4n) is 3.20. The number of likely N-dealkylation sites (N-methyl/N-ethyl adjacent to an activating group) is 1. The zero-order valence-corrected chi connectivity index (χ0v) is 14.8. The molecule has 0 bridgehead atoms. The van der Waals surface area contributed by atoms with Gasteiger partial charge in [0.15, 0.2) is 0 Å². The normalized spacial score (nSPS) is 12.6. The first kappa shape index (κ1) is 17.3. The molecule has 0 saturated heterocycles. The van der Waals surface area contributed by atoms with Gasteiger partial charge in [0, 0.05) is 18.8 Å². The van der Waals surface area contributed by atoms with Crippen molar-refractivity contribution < 1.29 is 9.53 Å². The SMILES string of the molecule is CCN(CC(=O)Nc1ccccc1OC)Cc1cccc2c1NCC2. The number of benzene rings is 2. The van der Waals surface area contributed by atoms with Crippen molar-refractivity contribution in [3.63, 3.8) is 0 Å². The summed E-state index contributed by atoms with van der Waals surface area (Å²) in [4.78, 5) is 14.6. The predicted octanol–water partition coefficient (Wildman–Crippen LogP) is 3.12. The van der Waals surface area contributed by atoms with Crippen LogP contribution in [0.3, 0.4) is 0 Å². The molecule has 0 fully saturated rings. The van der Waals surface area contributed by atoms with E-state index in [1.165, 1.54) is 16.8 Å². The van der Waals surface area contributed by atoms with Gasteiger partial charge >= 0.3 is 0 Å². The lowest BCUT2D eigenvalue weighted by molar-refractivity contribution is -0.117. The molecular formula is C20H25N3O2. The quantitative estimate of drug-likeness (QED) is 0.814. The van der Waals surface area contributed by atoms with Gasteiger partial charge in [-0.25, -0.2) is 0 Å². The summed E-state index contributed by atoms with van der Waals surface area (Å²) in [6.07, 6.45) is 1.07. The third-order valence-corrected chi connectivity index (χ3v) is 4.52. The first-order valence-electron chi connectivity index (χ1n) is 8.71. The Labute approximate surface area is 149 Å². The van der Waals surface area contributed by atoms with Crippen molar-refractivity contribution in [1.29, 1.82) is 0 Å². The molecule has 3 rings (SSSR count). The van der Waals surface area contributed by atoms with Crippen LogP contribution in [0.4, 0.5) is 11.4 Å². The highest BCUT2D eigenvalue weighted by molar-refractivity contribution is 5.93. The molecule has 1 heterocycles. The van der Waals surface area contributed by atoms with Gasteiger partial charge in [0.2, 0.25) is 5.91 Å². The number of methoxy groups -OCH3 is 1. The van der Waals surface area contributed by atoms with Crippen LogP contribution in [-0.2, 0) is 17.8 Å². The minimum atomic E-state index is -0.0353. The number of ether oxygens (including phenoxy) is 1. The fourth-order valence-corrected chi connectivity index (χ4v) is 3.20. The van der Waals surface area contributed by atoms with Gasteiger partial charge in [-0.2, -0.15) is 0 Å². The number of carbonyl (C=O) groups is 1. The predicted molar refractivity (Wildman–Crippen MR) is 101 cm³/mol. The minimum absolute atomic E-state index is 0.0353. The fraction of sp³-hybridized carbons (Fsp3) is 0.350. The van der Waals surface area contributed by atoms with Crippen LogP contribution in [0.5, 0.6) is 5.75 Å². The summed E-state index contributed by atoms with van der Waals surface area (Å²) < 4.78 is 5.29.